The van der Waals surface area contributed by atoms with Gasteiger partial charge in [-0.05, 0) is 31.6 Å². The second kappa shape index (κ2) is 5.99. The van der Waals surface area contributed by atoms with Gasteiger partial charge in [0, 0.05) is 19.1 Å². The maximum absolute atomic E-state index is 11.8. The summed E-state index contributed by atoms with van der Waals surface area (Å²) in [4.78, 5) is 13.8. The minimum absolute atomic E-state index is 0.139. The van der Waals surface area contributed by atoms with Crippen molar-refractivity contribution in [3.05, 3.63) is 0 Å². The van der Waals surface area contributed by atoms with E-state index in [9.17, 15) is 4.79 Å². The summed E-state index contributed by atoms with van der Waals surface area (Å²) < 4.78 is 0. The molecule has 1 N–H and O–H groups in total. The van der Waals surface area contributed by atoms with Crippen LogP contribution in [0.25, 0.3) is 0 Å². The molecule has 0 spiro atoms. The van der Waals surface area contributed by atoms with Gasteiger partial charge in [0.25, 0.3) is 0 Å². The van der Waals surface area contributed by atoms with E-state index in [-0.39, 0.29) is 6.03 Å². The fourth-order valence-electron chi connectivity index (χ4n) is 2.10. The zero-order valence-corrected chi connectivity index (χ0v) is 10.3. The van der Waals surface area contributed by atoms with E-state index in [1.54, 1.807) is 0 Å². The molecule has 1 heterocycles. The first kappa shape index (κ1) is 12.3. The zero-order chi connectivity index (χ0) is 11.3. The third-order valence-electron chi connectivity index (χ3n) is 3.11. The second-order valence-corrected chi connectivity index (χ2v) is 4.81. The first-order chi connectivity index (χ1) is 7.15. The fourth-order valence-corrected chi connectivity index (χ4v) is 2.10. The topological polar surface area (TPSA) is 32.3 Å². The van der Waals surface area contributed by atoms with Gasteiger partial charge in [-0.3, -0.25) is 0 Å². The molecule has 1 fully saturated rings. The SMILES string of the molecule is CCC1CCCN1C(=O)NCCC(C)C. The highest BCUT2D eigenvalue weighted by atomic mass is 16.2. The molecule has 0 saturated carbocycles. The van der Waals surface area contributed by atoms with Gasteiger partial charge in [0.15, 0.2) is 0 Å². The zero-order valence-electron chi connectivity index (χ0n) is 10.3. The summed E-state index contributed by atoms with van der Waals surface area (Å²) in [6.07, 6.45) is 4.48. The third kappa shape index (κ3) is 3.73. The van der Waals surface area contributed by atoms with E-state index in [1.165, 1.54) is 6.42 Å². The number of urea groups is 1. The molecule has 1 unspecified atom stereocenters. The van der Waals surface area contributed by atoms with Crippen LogP contribution in [0.3, 0.4) is 0 Å². The van der Waals surface area contributed by atoms with Crippen molar-refractivity contribution >= 4 is 6.03 Å². The van der Waals surface area contributed by atoms with E-state index in [0.29, 0.717) is 12.0 Å². The molecule has 1 aliphatic rings. The summed E-state index contributed by atoms with van der Waals surface area (Å²) in [5.41, 5.74) is 0. The average molecular weight is 212 g/mol. The minimum Gasteiger partial charge on any atom is -0.338 e. The van der Waals surface area contributed by atoms with Crippen LogP contribution in [0.1, 0.15) is 46.5 Å². The summed E-state index contributed by atoms with van der Waals surface area (Å²) in [7, 11) is 0. The van der Waals surface area contributed by atoms with Gasteiger partial charge in [0.05, 0.1) is 0 Å². The van der Waals surface area contributed by atoms with Gasteiger partial charge in [0.1, 0.15) is 0 Å². The summed E-state index contributed by atoms with van der Waals surface area (Å²) in [6.45, 7) is 8.26. The molecule has 88 valence electrons. The van der Waals surface area contributed by atoms with Gasteiger partial charge in [-0.25, -0.2) is 4.79 Å². The van der Waals surface area contributed by atoms with E-state index in [2.05, 4.69) is 26.1 Å². The molecule has 3 nitrogen and oxygen atoms in total. The Morgan fingerprint density at radius 1 is 1.53 bits per heavy atom. The lowest BCUT2D eigenvalue weighted by Crippen LogP contribution is -2.43. The number of rotatable bonds is 4. The summed E-state index contributed by atoms with van der Waals surface area (Å²) >= 11 is 0. The number of hydrogen-bond donors (Lipinski definition) is 1. The van der Waals surface area contributed by atoms with E-state index >= 15 is 0 Å². The normalized spacial score (nSPS) is 21.1. The first-order valence-electron chi connectivity index (χ1n) is 6.19. The molecular weight excluding hydrogens is 188 g/mol. The van der Waals surface area contributed by atoms with Crippen LogP contribution in [-0.2, 0) is 0 Å². The van der Waals surface area contributed by atoms with Gasteiger partial charge < -0.3 is 10.2 Å². The Morgan fingerprint density at radius 2 is 2.27 bits per heavy atom. The molecule has 0 aromatic rings. The standard InChI is InChI=1S/C12H24N2O/c1-4-11-6-5-9-14(11)12(15)13-8-7-10(2)3/h10-11H,4-9H2,1-3H3,(H,13,15). The van der Waals surface area contributed by atoms with Crippen molar-refractivity contribution in [2.24, 2.45) is 5.92 Å². The third-order valence-corrected chi connectivity index (χ3v) is 3.11. The highest BCUT2D eigenvalue weighted by Gasteiger charge is 2.26. The molecule has 0 aliphatic carbocycles. The highest BCUT2D eigenvalue weighted by Crippen LogP contribution is 2.19. The van der Waals surface area contributed by atoms with Crippen LogP contribution in [0.5, 0.6) is 0 Å². The average Bonchev–Trinajstić information content (AvgIpc) is 2.64. The van der Waals surface area contributed by atoms with Crippen LogP contribution in [0, 0.1) is 5.92 Å². The fraction of sp³-hybridized carbons (Fsp3) is 0.917. The second-order valence-electron chi connectivity index (χ2n) is 4.81. The van der Waals surface area contributed by atoms with Gasteiger partial charge in [0.2, 0.25) is 0 Å². The van der Waals surface area contributed by atoms with Crippen molar-refractivity contribution in [2.75, 3.05) is 13.1 Å². The summed E-state index contributed by atoms with van der Waals surface area (Å²) in [6, 6.07) is 0.615. The molecule has 15 heavy (non-hydrogen) atoms. The number of carbonyl (C=O) groups is 1. The molecule has 0 radical (unpaired) electrons. The lowest BCUT2D eigenvalue weighted by Gasteiger charge is -2.24. The molecule has 3 heteroatoms. The molecule has 1 atom stereocenters. The Kier molecular flexibility index (Phi) is 4.92. The molecule has 1 rings (SSSR count). The molecule has 1 saturated heterocycles. The largest absolute Gasteiger partial charge is 0.338 e. The van der Waals surface area contributed by atoms with Crippen molar-refractivity contribution in [1.29, 1.82) is 0 Å². The minimum atomic E-state index is 0.139. The molecule has 2 amide bonds. The Balaban J connectivity index is 2.27. The molecule has 0 bridgehead atoms. The number of nitrogens with one attached hydrogen (secondary N) is 1. The maximum atomic E-state index is 11.8. The van der Waals surface area contributed by atoms with Gasteiger partial charge in [-0.15, -0.1) is 0 Å². The van der Waals surface area contributed by atoms with Crippen molar-refractivity contribution in [3.63, 3.8) is 0 Å². The van der Waals surface area contributed by atoms with E-state index in [4.69, 9.17) is 0 Å². The smallest absolute Gasteiger partial charge is 0.317 e. The van der Waals surface area contributed by atoms with Crippen LogP contribution in [0.2, 0.25) is 0 Å². The number of nitrogens with zero attached hydrogens (tertiary/aromatic N) is 1. The van der Waals surface area contributed by atoms with Crippen molar-refractivity contribution < 1.29 is 4.79 Å². The van der Waals surface area contributed by atoms with Crippen molar-refractivity contribution in [3.8, 4) is 0 Å². The summed E-state index contributed by atoms with van der Waals surface area (Å²) in [5.74, 6) is 0.658. The van der Waals surface area contributed by atoms with Crippen molar-refractivity contribution in [1.82, 2.24) is 10.2 Å². The van der Waals surface area contributed by atoms with E-state index in [0.717, 1.165) is 32.4 Å². The molecule has 1 aliphatic heterocycles. The lowest BCUT2D eigenvalue weighted by atomic mass is 10.1. The highest BCUT2D eigenvalue weighted by molar-refractivity contribution is 5.74. The van der Waals surface area contributed by atoms with Gasteiger partial charge in [-0.1, -0.05) is 20.8 Å². The number of hydrogen-bond acceptors (Lipinski definition) is 1. The number of amides is 2. The number of likely N-dealkylation sites (tertiary alicyclic amines) is 1. The maximum Gasteiger partial charge on any atom is 0.317 e. The van der Waals surface area contributed by atoms with E-state index in [1.807, 2.05) is 4.90 Å². The van der Waals surface area contributed by atoms with Crippen LogP contribution in [0.15, 0.2) is 0 Å². The van der Waals surface area contributed by atoms with Crippen LogP contribution < -0.4 is 5.32 Å². The molecular formula is C12H24N2O. The Labute approximate surface area is 93.2 Å². The molecule has 0 aromatic carbocycles. The van der Waals surface area contributed by atoms with Crippen LogP contribution in [0.4, 0.5) is 4.79 Å². The first-order valence-corrected chi connectivity index (χ1v) is 6.19. The Hall–Kier alpha value is -0.730. The predicted molar refractivity (Wildman–Crippen MR) is 62.9 cm³/mol. The molecule has 0 aromatic heterocycles. The number of carbonyl (C=O) groups excluding carboxylic acids is 1. The Bertz CT molecular complexity index is 204. The Morgan fingerprint density at radius 3 is 2.87 bits per heavy atom. The van der Waals surface area contributed by atoms with Crippen molar-refractivity contribution in [2.45, 2.75) is 52.5 Å². The summed E-state index contributed by atoms with van der Waals surface area (Å²) in [5, 5.41) is 3.01. The van der Waals surface area contributed by atoms with Crippen LogP contribution >= 0.6 is 0 Å². The monoisotopic (exact) mass is 212 g/mol. The van der Waals surface area contributed by atoms with Gasteiger partial charge in [-0.2, -0.15) is 0 Å². The predicted octanol–water partition coefficient (Wildman–Crippen LogP) is 2.62. The lowest BCUT2D eigenvalue weighted by molar-refractivity contribution is 0.191. The quantitative estimate of drug-likeness (QED) is 0.763. The van der Waals surface area contributed by atoms with E-state index < -0.39 is 0 Å². The van der Waals surface area contributed by atoms with Crippen LogP contribution in [-0.4, -0.2) is 30.1 Å². The van der Waals surface area contributed by atoms with Gasteiger partial charge >= 0.3 is 6.03 Å².